The lowest BCUT2D eigenvalue weighted by Gasteiger charge is -2.12. The van der Waals surface area contributed by atoms with Crippen LogP contribution in [0.2, 0.25) is 0 Å². The van der Waals surface area contributed by atoms with Crippen LogP contribution in [0.1, 0.15) is 11.4 Å². The molecule has 0 bridgehead atoms. The Bertz CT molecular complexity index is 957. The van der Waals surface area contributed by atoms with Crippen molar-refractivity contribution in [3.05, 3.63) is 53.9 Å². The zero-order valence-electron chi connectivity index (χ0n) is 15.9. The van der Waals surface area contributed by atoms with Gasteiger partial charge in [-0.25, -0.2) is 9.98 Å². The highest BCUT2D eigenvalue weighted by atomic mass is 79.9. The molecule has 0 saturated carbocycles. The van der Waals surface area contributed by atoms with E-state index in [1.165, 1.54) is 0 Å². The van der Waals surface area contributed by atoms with E-state index in [1.54, 1.807) is 26.4 Å². The van der Waals surface area contributed by atoms with Gasteiger partial charge in [-0.15, -0.1) is 17.0 Å². The van der Waals surface area contributed by atoms with E-state index in [2.05, 4.69) is 25.5 Å². The Morgan fingerprint density at radius 3 is 2.68 bits per heavy atom. The number of anilines is 1. The number of rotatable bonds is 6. The van der Waals surface area contributed by atoms with Gasteiger partial charge < -0.3 is 20.5 Å². The summed E-state index contributed by atoms with van der Waals surface area (Å²) in [6.45, 7) is 2.28. The summed E-state index contributed by atoms with van der Waals surface area (Å²) in [6.07, 6.45) is 0. The van der Waals surface area contributed by atoms with Gasteiger partial charge in [-0.2, -0.15) is 5.10 Å². The molecule has 2 aromatic carbocycles. The maximum atomic E-state index is 6.03. The fraction of sp³-hybridized carbons (Fsp3) is 0.211. The molecule has 8 nitrogen and oxygen atoms in total. The van der Waals surface area contributed by atoms with E-state index in [4.69, 9.17) is 15.2 Å². The fourth-order valence-electron chi connectivity index (χ4n) is 2.55. The van der Waals surface area contributed by atoms with Crippen molar-refractivity contribution in [2.75, 3.05) is 19.5 Å². The van der Waals surface area contributed by atoms with Gasteiger partial charge in [0, 0.05) is 11.6 Å². The Kier molecular flexibility index (Phi) is 7.39. The molecule has 28 heavy (non-hydrogen) atoms. The van der Waals surface area contributed by atoms with Crippen LogP contribution < -0.4 is 20.5 Å². The van der Waals surface area contributed by atoms with Gasteiger partial charge in [0.25, 0.3) is 0 Å². The first-order valence-electron chi connectivity index (χ1n) is 8.36. The van der Waals surface area contributed by atoms with Crippen molar-refractivity contribution < 1.29 is 9.47 Å². The number of guanidine groups is 1. The number of aryl methyl sites for hydroxylation is 1. The van der Waals surface area contributed by atoms with E-state index in [0.29, 0.717) is 29.6 Å². The van der Waals surface area contributed by atoms with Crippen LogP contribution in [0.3, 0.4) is 0 Å². The normalized spacial score (nSPS) is 10.9. The van der Waals surface area contributed by atoms with Gasteiger partial charge in [-0.3, -0.25) is 5.10 Å². The number of aliphatic imine (C=N–C) groups is 1. The van der Waals surface area contributed by atoms with Crippen molar-refractivity contribution >= 4 is 28.6 Å². The number of benzene rings is 2. The quantitative estimate of drug-likeness (QED) is 0.395. The van der Waals surface area contributed by atoms with Gasteiger partial charge in [0.05, 0.1) is 26.5 Å². The van der Waals surface area contributed by atoms with Gasteiger partial charge >= 0.3 is 0 Å². The Hall–Kier alpha value is -3.07. The molecule has 0 fully saturated rings. The largest absolute Gasteiger partial charge is 0.497 e. The zero-order valence-corrected chi connectivity index (χ0v) is 17.6. The highest BCUT2D eigenvalue weighted by Crippen LogP contribution is 2.28. The molecule has 9 heteroatoms. The second-order valence-corrected chi connectivity index (χ2v) is 5.84. The summed E-state index contributed by atoms with van der Waals surface area (Å²) in [5, 5.41) is 10.1. The van der Waals surface area contributed by atoms with Gasteiger partial charge in [-0.1, -0.05) is 18.2 Å². The lowest BCUT2D eigenvalue weighted by atomic mass is 10.1. The van der Waals surface area contributed by atoms with Crippen LogP contribution in [0.5, 0.6) is 11.5 Å². The molecule has 0 aliphatic rings. The van der Waals surface area contributed by atoms with Crippen molar-refractivity contribution in [2.24, 2.45) is 10.7 Å². The summed E-state index contributed by atoms with van der Waals surface area (Å²) >= 11 is 0. The van der Waals surface area contributed by atoms with Crippen molar-refractivity contribution in [3.63, 3.8) is 0 Å². The van der Waals surface area contributed by atoms with E-state index in [0.717, 1.165) is 17.0 Å². The Morgan fingerprint density at radius 1 is 1.18 bits per heavy atom. The minimum Gasteiger partial charge on any atom is -0.497 e. The predicted octanol–water partition coefficient (Wildman–Crippen LogP) is 3.30. The van der Waals surface area contributed by atoms with Crippen LogP contribution in [0.4, 0.5) is 5.69 Å². The first-order chi connectivity index (χ1) is 13.1. The third-order valence-corrected chi connectivity index (χ3v) is 3.88. The van der Waals surface area contributed by atoms with Crippen LogP contribution in [0, 0.1) is 6.92 Å². The molecule has 1 heterocycles. The topological polar surface area (TPSA) is 110 Å². The second-order valence-electron chi connectivity index (χ2n) is 5.84. The fourth-order valence-corrected chi connectivity index (χ4v) is 2.55. The summed E-state index contributed by atoms with van der Waals surface area (Å²) < 4.78 is 10.6. The third-order valence-electron chi connectivity index (χ3n) is 3.88. The maximum absolute atomic E-state index is 6.03. The number of aromatic amines is 1. The predicted molar refractivity (Wildman–Crippen MR) is 115 cm³/mol. The standard InChI is InChI=1S/C19H22N6O2.BrH/c1-12-22-18(25-24-12)14-6-4-5-13(9-14)11-21-19(20)23-16-10-15(26-2)7-8-17(16)27-3;/h4-10H,11H2,1-3H3,(H3,20,21,23)(H,22,24,25);1H. The van der Waals surface area contributed by atoms with Crippen molar-refractivity contribution in [1.29, 1.82) is 0 Å². The lowest BCUT2D eigenvalue weighted by molar-refractivity contribution is 0.405. The molecule has 0 atom stereocenters. The van der Waals surface area contributed by atoms with Gasteiger partial charge in [0.2, 0.25) is 0 Å². The minimum atomic E-state index is 0. The minimum absolute atomic E-state index is 0. The molecule has 0 spiro atoms. The number of methoxy groups -OCH3 is 2. The first kappa shape index (κ1) is 21.2. The molecule has 0 aliphatic heterocycles. The summed E-state index contributed by atoms with van der Waals surface area (Å²) in [7, 11) is 3.20. The highest BCUT2D eigenvalue weighted by molar-refractivity contribution is 8.93. The molecule has 1 aromatic heterocycles. The third kappa shape index (κ3) is 5.23. The molecule has 4 N–H and O–H groups in total. The molecule has 3 rings (SSSR count). The highest BCUT2D eigenvalue weighted by Gasteiger charge is 2.07. The number of hydrogen-bond donors (Lipinski definition) is 3. The summed E-state index contributed by atoms with van der Waals surface area (Å²) in [5.41, 5.74) is 8.64. The zero-order chi connectivity index (χ0) is 19.2. The molecule has 148 valence electrons. The number of nitrogens with zero attached hydrogens (tertiary/aromatic N) is 3. The summed E-state index contributed by atoms with van der Waals surface area (Å²) in [4.78, 5) is 8.74. The van der Waals surface area contributed by atoms with E-state index in [-0.39, 0.29) is 22.9 Å². The van der Waals surface area contributed by atoms with Crippen LogP contribution in [-0.4, -0.2) is 35.4 Å². The average molecular weight is 447 g/mol. The lowest BCUT2D eigenvalue weighted by Crippen LogP contribution is -2.23. The van der Waals surface area contributed by atoms with Gasteiger partial charge in [-0.05, 0) is 30.7 Å². The van der Waals surface area contributed by atoms with E-state index in [1.807, 2.05) is 37.3 Å². The molecule has 0 unspecified atom stereocenters. The van der Waals surface area contributed by atoms with Crippen LogP contribution >= 0.6 is 17.0 Å². The van der Waals surface area contributed by atoms with Crippen LogP contribution in [0.15, 0.2) is 47.5 Å². The van der Waals surface area contributed by atoms with Crippen LogP contribution in [-0.2, 0) is 6.54 Å². The molecular formula is C19H23BrN6O2. The second kappa shape index (κ2) is 9.75. The number of H-pyrrole nitrogens is 1. The Balaban J connectivity index is 0.00000280. The molecule has 3 aromatic rings. The number of hydrogen-bond acceptors (Lipinski definition) is 5. The summed E-state index contributed by atoms with van der Waals surface area (Å²) in [5.74, 6) is 3.05. The first-order valence-corrected chi connectivity index (χ1v) is 8.36. The number of nitrogens with one attached hydrogen (secondary N) is 2. The molecule has 0 aliphatic carbocycles. The molecule has 0 amide bonds. The number of ether oxygens (including phenoxy) is 2. The smallest absolute Gasteiger partial charge is 0.193 e. The van der Waals surface area contributed by atoms with Crippen molar-refractivity contribution in [3.8, 4) is 22.9 Å². The molecular weight excluding hydrogens is 424 g/mol. The van der Waals surface area contributed by atoms with Gasteiger partial charge in [0.15, 0.2) is 11.8 Å². The van der Waals surface area contributed by atoms with E-state index in [9.17, 15) is 0 Å². The Labute approximate surface area is 174 Å². The van der Waals surface area contributed by atoms with E-state index >= 15 is 0 Å². The van der Waals surface area contributed by atoms with Crippen molar-refractivity contribution in [1.82, 2.24) is 15.2 Å². The summed E-state index contributed by atoms with van der Waals surface area (Å²) in [6, 6.07) is 13.3. The Morgan fingerprint density at radius 2 is 2.00 bits per heavy atom. The number of halogens is 1. The maximum Gasteiger partial charge on any atom is 0.193 e. The van der Waals surface area contributed by atoms with E-state index < -0.39 is 0 Å². The number of nitrogens with two attached hydrogens (primary N) is 1. The monoisotopic (exact) mass is 446 g/mol. The van der Waals surface area contributed by atoms with Crippen molar-refractivity contribution in [2.45, 2.75) is 13.5 Å². The average Bonchev–Trinajstić information content (AvgIpc) is 3.13. The number of aromatic nitrogens is 3. The molecule has 0 saturated heterocycles. The van der Waals surface area contributed by atoms with Crippen LogP contribution in [0.25, 0.3) is 11.4 Å². The van der Waals surface area contributed by atoms with Gasteiger partial charge in [0.1, 0.15) is 17.3 Å². The SMILES string of the molecule is Br.COc1ccc(OC)c(NC(N)=NCc2cccc(-c3n[nH]c(C)n3)c2)c1. The molecule has 0 radical (unpaired) electrons.